The van der Waals surface area contributed by atoms with E-state index in [1.807, 2.05) is 20.8 Å². The number of hydrogen-bond acceptors (Lipinski definition) is 3. The van der Waals surface area contributed by atoms with Crippen molar-refractivity contribution in [3.8, 4) is 0 Å². The van der Waals surface area contributed by atoms with Gasteiger partial charge in [-0.15, -0.1) is 0 Å². The summed E-state index contributed by atoms with van der Waals surface area (Å²) in [6, 6.07) is -0.531. The highest BCUT2D eigenvalue weighted by Crippen LogP contribution is 2.47. The molecule has 1 aliphatic rings. The van der Waals surface area contributed by atoms with Gasteiger partial charge in [0.25, 0.3) is 0 Å². The lowest BCUT2D eigenvalue weighted by Crippen LogP contribution is -2.49. The molecule has 0 heterocycles. The third-order valence-electron chi connectivity index (χ3n) is 3.66. The topological polar surface area (TPSA) is 78.4 Å². The van der Waals surface area contributed by atoms with E-state index in [1.54, 1.807) is 6.92 Å². The zero-order valence-corrected chi connectivity index (χ0v) is 12.4. The molecular weight excluding hydrogens is 244 g/mol. The summed E-state index contributed by atoms with van der Waals surface area (Å²) in [5, 5.41) is 14.5. The number of carbonyl (C=O) groups is 2. The molecule has 2 amide bonds. The van der Waals surface area contributed by atoms with E-state index in [4.69, 9.17) is 5.11 Å². The number of nitrogens with one attached hydrogen (secondary N) is 2. The van der Waals surface area contributed by atoms with Crippen molar-refractivity contribution in [1.29, 1.82) is 0 Å². The van der Waals surface area contributed by atoms with E-state index < -0.39 is 11.5 Å². The second kappa shape index (κ2) is 5.90. The molecule has 110 valence electrons. The Morgan fingerprint density at radius 1 is 1.32 bits per heavy atom. The molecule has 1 atom stereocenters. The van der Waals surface area contributed by atoms with Gasteiger partial charge in [-0.05, 0) is 31.6 Å². The predicted molar refractivity (Wildman–Crippen MR) is 73.4 cm³/mol. The largest absolute Gasteiger partial charge is 0.396 e. The van der Waals surface area contributed by atoms with Crippen molar-refractivity contribution >= 4 is 11.8 Å². The molecule has 0 aliphatic heterocycles. The van der Waals surface area contributed by atoms with Crippen LogP contribution < -0.4 is 10.6 Å². The average molecular weight is 270 g/mol. The van der Waals surface area contributed by atoms with Crippen LogP contribution in [0.1, 0.15) is 47.0 Å². The van der Waals surface area contributed by atoms with Crippen molar-refractivity contribution in [1.82, 2.24) is 10.6 Å². The summed E-state index contributed by atoms with van der Waals surface area (Å²) in [6.45, 7) is 7.87. The predicted octanol–water partition coefficient (Wildman–Crippen LogP) is 0.816. The molecular formula is C14H26N2O3. The second-order valence-corrected chi connectivity index (χ2v) is 6.64. The zero-order chi connectivity index (χ0) is 14.7. The van der Waals surface area contributed by atoms with Crippen molar-refractivity contribution in [2.24, 2.45) is 10.8 Å². The number of carbonyl (C=O) groups excluding carboxylic acids is 2. The maximum atomic E-state index is 11.9. The first-order valence-electron chi connectivity index (χ1n) is 6.90. The van der Waals surface area contributed by atoms with E-state index in [-0.39, 0.29) is 23.8 Å². The van der Waals surface area contributed by atoms with Crippen LogP contribution in [0.4, 0.5) is 0 Å². The normalized spacial score (nSPS) is 18.6. The van der Waals surface area contributed by atoms with Gasteiger partial charge in [0, 0.05) is 18.6 Å². The minimum atomic E-state index is -0.531. The summed E-state index contributed by atoms with van der Waals surface area (Å²) in [5.74, 6) is -0.298. The first kappa shape index (κ1) is 16.0. The molecule has 0 radical (unpaired) electrons. The molecule has 0 spiro atoms. The molecule has 5 heteroatoms. The van der Waals surface area contributed by atoms with Crippen LogP contribution in [0.15, 0.2) is 0 Å². The van der Waals surface area contributed by atoms with E-state index >= 15 is 0 Å². The molecule has 1 unspecified atom stereocenters. The van der Waals surface area contributed by atoms with Gasteiger partial charge < -0.3 is 15.7 Å². The number of aliphatic hydroxyl groups excluding tert-OH is 1. The Bertz CT molecular complexity index is 343. The Morgan fingerprint density at radius 3 is 2.32 bits per heavy atom. The highest BCUT2D eigenvalue weighted by molar-refractivity contribution is 5.89. The fourth-order valence-corrected chi connectivity index (χ4v) is 1.84. The van der Waals surface area contributed by atoms with Gasteiger partial charge in [-0.25, -0.2) is 0 Å². The quantitative estimate of drug-likeness (QED) is 0.668. The summed E-state index contributed by atoms with van der Waals surface area (Å²) >= 11 is 0. The van der Waals surface area contributed by atoms with E-state index in [0.29, 0.717) is 6.54 Å². The van der Waals surface area contributed by atoms with Gasteiger partial charge in [0.1, 0.15) is 6.04 Å². The molecule has 1 aliphatic carbocycles. The van der Waals surface area contributed by atoms with E-state index in [1.165, 1.54) is 0 Å². The van der Waals surface area contributed by atoms with E-state index in [0.717, 1.165) is 19.3 Å². The molecule has 0 aromatic rings. The summed E-state index contributed by atoms with van der Waals surface area (Å²) in [5.41, 5.74) is -0.401. The Hall–Kier alpha value is -1.10. The molecule has 0 bridgehead atoms. The van der Waals surface area contributed by atoms with Crippen LogP contribution in [0.2, 0.25) is 0 Å². The van der Waals surface area contributed by atoms with Crippen LogP contribution in [-0.2, 0) is 9.59 Å². The molecule has 0 aromatic carbocycles. The minimum absolute atomic E-state index is 0.0954. The van der Waals surface area contributed by atoms with Crippen LogP contribution in [0.3, 0.4) is 0 Å². The molecule has 1 fully saturated rings. The first-order valence-corrected chi connectivity index (χ1v) is 6.90. The minimum Gasteiger partial charge on any atom is -0.396 e. The lowest BCUT2D eigenvalue weighted by molar-refractivity contribution is -0.133. The Balaban J connectivity index is 2.35. The molecule has 19 heavy (non-hydrogen) atoms. The van der Waals surface area contributed by atoms with Crippen LogP contribution >= 0.6 is 0 Å². The third kappa shape index (κ3) is 4.82. The summed E-state index contributed by atoms with van der Waals surface area (Å²) < 4.78 is 0. The molecule has 1 saturated carbocycles. The van der Waals surface area contributed by atoms with Crippen molar-refractivity contribution in [3.05, 3.63) is 0 Å². The van der Waals surface area contributed by atoms with Gasteiger partial charge in [0.15, 0.2) is 0 Å². The number of hydrogen-bond donors (Lipinski definition) is 3. The first-order chi connectivity index (χ1) is 8.70. The van der Waals surface area contributed by atoms with Crippen LogP contribution in [0, 0.1) is 10.8 Å². The Morgan fingerprint density at radius 2 is 1.89 bits per heavy atom. The van der Waals surface area contributed by atoms with Gasteiger partial charge in [-0.2, -0.15) is 0 Å². The van der Waals surface area contributed by atoms with Crippen molar-refractivity contribution < 1.29 is 14.7 Å². The highest BCUT2D eigenvalue weighted by atomic mass is 16.3. The fraction of sp³-hybridized carbons (Fsp3) is 0.857. The molecule has 0 aromatic heterocycles. The van der Waals surface area contributed by atoms with Crippen molar-refractivity contribution in [2.75, 3.05) is 13.2 Å². The Kier molecular flexibility index (Phi) is 4.96. The SMILES string of the molecule is CC(NC(=O)C(C)(C)C)C(=O)NCC1(CCO)CC1. The third-order valence-corrected chi connectivity index (χ3v) is 3.66. The van der Waals surface area contributed by atoms with Crippen molar-refractivity contribution in [2.45, 2.75) is 53.0 Å². The molecule has 0 saturated heterocycles. The van der Waals surface area contributed by atoms with Gasteiger partial charge >= 0.3 is 0 Å². The lowest BCUT2D eigenvalue weighted by Gasteiger charge is -2.22. The number of aliphatic hydroxyl groups is 1. The van der Waals surface area contributed by atoms with Gasteiger partial charge in [0.2, 0.25) is 11.8 Å². The van der Waals surface area contributed by atoms with Crippen LogP contribution in [0.5, 0.6) is 0 Å². The highest BCUT2D eigenvalue weighted by Gasteiger charge is 2.42. The lowest BCUT2D eigenvalue weighted by atomic mass is 9.95. The van der Waals surface area contributed by atoms with Crippen LogP contribution in [-0.4, -0.2) is 36.1 Å². The fourth-order valence-electron chi connectivity index (χ4n) is 1.84. The maximum absolute atomic E-state index is 11.9. The monoisotopic (exact) mass is 270 g/mol. The van der Waals surface area contributed by atoms with Crippen LogP contribution in [0.25, 0.3) is 0 Å². The maximum Gasteiger partial charge on any atom is 0.242 e. The van der Waals surface area contributed by atoms with Gasteiger partial charge in [0.05, 0.1) is 0 Å². The number of amides is 2. The Labute approximate surface area is 115 Å². The standard InChI is InChI=1S/C14H26N2O3/c1-10(16-12(19)13(2,3)4)11(18)15-9-14(5-6-14)7-8-17/h10,17H,5-9H2,1-4H3,(H,15,18)(H,16,19). The zero-order valence-electron chi connectivity index (χ0n) is 12.4. The summed E-state index contributed by atoms with van der Waals surface area (Å²) in [6.07, 6.45) is 2.84. The molecule has 3 N–H and O–H groups in total. The van der Waals surface area contributed by atoms with Crippen molar-refractivity contribution in [3.63, 3.8) is 0 Å². The van der Waals surface area contributed by atoms with E-state index in [2.05, 4.69) is 10.6 Å². The average Bonchev–Trinajstić information content (AvgIpc) is 3.05. The number of rotatable bonds is 6. The summed E-state index contributed by atoms with van der Waals surface area (Å²) in [7, 11) is 0. The molecule has 5 nitrogen and oxygen atoms in total. The smallest absolute Gasteiger partial charge is 0.242 e. The second-order valence-electron chi connectivity index (χ2n) is 6.64. The van der Waals surface area contributed by atoms with Gasteiger partial charge in [-0.3, -0.25) is 9.59 Å². The summed E-state index contributed by atoms with van der Waals surface area (Å²) in [4.78, 5) is 23.7. The molecule has 1 rings (SSSR count). The van der Waals surface area contributed by atoms with E-state index in [9.17, 15) is 9.59 Å². The van der Waals surface area contributed by atoms with Gasteiger partial charge in [-0.1, -0.05) is 20.8 Å².